The molecule has 0 aromatic heterocycles. The van der Waals surface area contributed by atoms with Crippen molar-refractivity contribution in [2.75, 3.05) is 0 Å². The predicted molar refractivity (Wildman–Crippen MR) is 54.6 cm³/mol. The number of hydrogen-bond donors (Lipinski definition) is 0. The molecule has 68 valence electrons. The Morgan fingerprint density at radius 1 is 1.23 bits per heavy atom. The highest BCUT2D eigenvalue weighted by Crippen LogP contribution is 2.61. The van der Waals surface area contributed by atoms with Gasteiger partial charge in [-0.2, -0.15) is 0 Å². The Bertz CT molecular complexity index is 326. The molecule has 13 heavy (non-hydrogen) atoms. The Kier molecular flexibility index (Phi) is 1.59. The van der Waals surface area contributed by atoms with Crippen LogP contribution >= 0.6 is 15.9 Å². The van der Waals surface area contributed by atoms with Crippen molar-refractivity contribution in [2.45, 2.75) is 31.0 Å². The molecule has 1 spiro atoms. The van der Waals surface area contributed by atoms with Crippen LogP contribution in [-0.4, -0.2) is 5.60 Å². The van der Waals surface area contributed by atoms with Gasteiger partial charge >= 0.3 is 0 Å². The second-order valence-corrected chi connectivity index (χ2v) is 4.88. The summed E-state index contributed by atoms with van der Waals surface area (Å²) < 4.78 is 6.89. The van der Waals surface area contributed by atoms with Gasteiger partial charge in [0.2, 0.25) is 0 Å². The molecule has 1 nitrogen and oxygen atoms in total. The van der Waals surface area contributed by atoms with Gasteiger partial charge < -0.3 is 4.74 Å². The number of halogens is 1. The maximum Gasteiger partial charge on any atom is 0.112 e. The third-order valence-electron chi connectivity index (χ3n) is 3.15. The van der Waals surface area contributed by atoms with Gasteiger partial charge in [-0.1, -0.05) is 28.1 Å². The second-order valence-electron chi connectivity index (χ2n) is 3.97. The van der Waals surface area contributed by atoms with Gasteiger partial charge in [0.25, 0.3) is 0 Å². The van der Waals surface area contributed by atoms with E-state index in [9.17, 15) is 0 Å². The normalized spacial score (nSPS) is 28.5. The summed E-state index contributed by atoms with van der Waals surface area (Å²) in [6.45, 7) is 0. The minimum absolute atomic E-state index is 0.272. The van der Waals surface area contributed by atoms with Gasteiger partial charge in [-0.25, -0.2) is 0 Å². The molecule has 2 heteroatoms. The molecule has 1 unspecified atom stereocenters. The van der Waals surface area contributed by atoms with Crippen molar-refractivity contribution in [1.82, 2.24) is 0 Å². The molecule has 1 saturated carbocycles. The summed E-state index contributed by atoms with van der Waals surface area (Å²) in [4.78, 5) is 0. The highest BCUT2D eigenvalue weighted by atomic mass is 79.9. The molecular weight excluding hydrogens is 228 g/mol. The van der Waals surface area contributed by atoms with E-state index in [1.165, 1.54) is 24.8 Å². The summed E-state index contributed by atoms with van der Waals surface area (Å²) >= 11 is 3.43. The molecule has 0 radical (unpaired) electrons. The average molecular weight is 239 g/mol. The summed E-state index contributed by atoms with van der Waals surface area (Å²) in [6.07, 6.45) is 4.25. The SMILES string of the molecule is Brc1ccc(C2OC23CCC3)cc1. The monoisotopic (exact) mass is 238 g/mol. The molecule has 1 aromatic rings. The van der Waals surface area contributed by atoms with Crippen LogP contribution in [0.4, 0.5) is 0 Å². The second kappa shape index (κ2) is 2.58. The molecule has 1 saturated heterocycles. The van der Waals surface area contributed by atoms with Crippen molar-refractivity contribution in [2.24, 2.45) is 0 Å². The molecule has 1 aliphatic heterocycles. The standard InChI is InChI=1S/C11H11BrO/c12-9-4-2-8(3-5-9)10-11(13-10)6-1-7-11/h2-5,10H,1,6-7H2. The van der Waals surface area contributed by atoms with Gasteiger partial charge in [0.15, 0.2) is 0 Å². The van der Waals surface area contributed by atoms with Crippen LogP contribution in [0.1, 0.15) is 30.9 Å². The lowest BCUT2D eigenvalue weighted by atomic mass is 9.80. The van der Waals surface area contributed by atoms with E-state index < -0.39 is 0 Å². The lowest BCUT2D eigenvalue weighted by Crippen LogP contribution is -2.22. The highest BCUT2D eigenvalue weighted by Gasteiger charge is 2.60. The smallest absolute Gasteiger partial charge is 0.112 e. The van der Waals surface area contributed by atoms with Gasteiger partial charge in [0.05, 0.1) is 5.60 Å². The largest absolute Gasteiger partial charge is 0.361 e. The fourth-order valence-corrected chi connectivity index (χ4v) is 2.38. The molecule has 1 heterocycles. The molecule has 2 aliphatic rings. The summed E-state index contributed by atoms with van der Waals surface area (Å²) in [5.41, 5.74) is 1.61. The first-order valence-corrected chi connectivity index (χ1v) is 5.53. The Hall–Kier alpha value is -0.340. The molecule has 2 fully saturated rings. The van der Waals surface area contributed by atoms with E-state index in [-0.39, 0.29) is 5.60 Å². The zero-order valence-electron chi connectivity index (χ0n) is 7.29. The average Bonchev–Trinajstić information content (AvgIpc) is 2.80. The molecule has 3 rings (SSSR count). The molecule has 0 bridgehead atoms. The third kappa shape index (κ3) is 1.16. The fraction of sp³-hybridized carbons (Fsp3) is 0.455. The van der Waals surface area contributed by atoms with Gasteiger partial charge in [-0.15, -0.1) is 0 Å². The summed E-state index contributed by atoms with van der Waals surface area (Å²) in [5.74, 6) is 0. The van der Waals surface area contributed by atoms with E-state index in [4.69, 9.17) is 4.74 Å². The van der Waals surface area contributed by atoms with E-state index in [1.807, 2.05) is 0 Å². The maximum absolute atomic E-state index is 5.75. The van der Waals surface area contributed by atoms with Crippen LogP contribution in [0.3, 0.4) is 0 Å². The van der Waals surface area contributed by atoms with Crippen molar-refractivity contribution in [3.05, 3.63) is 34.3 Å². The van der Waals surface area contributed by atoms with E-state index in [1.54, 1.807) is 0 Å². The zero-order valence-corrected chi connectivity index (χ0v) is 8.88. The Balaban J connectivity index is 1.83. The van der Waals surface area contributed by atoms with Crippen LogP contribution < -0.4 is 0 Å². The van der Waals surface area contributed by atoms with Gasteiger partial charge in [0.1, 0.15) is 6.10 Å². The van der Waals surface area contributed by atoms with Crippen LogP contribution in [0.5, 0.6) is 0 Å². The Morgan fingerprint density at radius 3 is 2.38 bits per heavy atom. The minimum atomic E-state index is 0.272. The quantitative estimate of drug-likeness (QED) is 0.684. The number of ether oxygens (including phenoxy) is 1. The Labute approximate surface area is 86.2 Å². The van der Waals surface area contributed by atoms with Crippen LogP contribution in [0.2, 0.25) is 0 Å². The van der Waals surface area contributed by atoms with Crippen molar-refractivity contribution >= 4 is 15.9 Å². The summed E-state index contributed by atoms with van der Waals surface area (Å²) in [6, 6.07) is 8.48. The first-order chi connectivity index (χ1) is 6.30. The topological polar surface area (TPSA) is 12.5 Å². The summed E-state index contributed by atoms with van der Waals surface area (Å²) in [7, 11) is 0. The van der Waals surface area contributed by atoms with E-state index >= 15 is 0 Å². The van der Waals surface area contributed by atoms with Gasteiger partial charge in [0, 0.05) is 4.47 Å². The molecule has 1 aliphatic carbocycles. The first kappa shape index (κ1) is 8.01. The predicted octanol–water partition coefficient (Wildman–Crippen LogP) is 3.44. The molecule has 0 N–H and O–H groups in total. The highest BCUT2D eigenvalue weighted by molar-refractivity contribution is 9.10. The number of epoxide rings is 1. The number of rotatable bonds is 1. The van der Waals surface area contributed by atoms with Crippen molar-refractivity contribution in [1.29, 1.82) is 0 Å². The molecule has 0 amide bonds. The summed E-state index contributed by atoms with van der Waals surface area (Å²) in [5, 5.41) is 0. The van der Waals surface area contributed by atoms with Gasteiger partial charge in [-0.3, -0.25) is 0 Å². The van der Waals surface area contributed by atoms with Crippen LogP contribution in [-0.2, 0) is 4.74 Å². The van der Waals surface area contributed by atoms with Crippen molar-refractivity contribution < 1.29 is 4.74 Å². The first-order valence-electron chi connectivity index (χ1n) is 4.73. The van der Waals surface area contributed by atoms with Crippen molar-refractivity contribution in [3.8, 4) is 0 Å². The van der Waals surface area contributed by atoms with E-state index in [0.29, 0.717) is 6.10 Å². The molecular formula is C11H11BrO. The Morgan fingerprint density at radius 2 is 1.92 bits per heavy atom. The fourth-order valence-electron chi connectivity index (χ4n) is 2.12. The van der Waals surface area contributed by atoms with Crippen LogP contribution in [0.15, 0.2) is 28.7 Å². The van der Waals surface area contributed by atoms with Crippen LogP contribution in [0, 0.1) is 0 Å². The van der Waals surface area contributed by atoms with Crippen LogP contribution in [0.25, 0.3) is 0 Å². The lowest BCUT2D eigenvalue weighted by Gasteiger charge is -2.21. The van der Waals surface area contributed by atoms with Crippen molar-refractivity contribution in [3.63, 3.8) is 0 Å². The number of hydrogen-bond acceptors (Lipinski definition) is 1. The van der Waals surface area contributed by atoms with Gasteiger partial charge in [-0.05, 0) is 37.0 Å². The number of benzene rings is 1. The third-order valence-corrected chi connectivity index (χ3v) is 3.67. The van der Waals surface area contributed by atoms with E-state index in [2.05, 4.69) is 40.2 Å². The lowest BCUT2D eigenvalue weighted by molar-refractivity contribution is 0.198. The minimum Gasteiger partial charge on any atom is -0.361 e. The zero-order chi connectivity index (χ0) is 8.89. The maximum atomic E-state index is 5.75. The molecule has 1 atom stereocenters. The van der Waals surface area contributed by atoms with E-state index in [0.717, 1.165) is 4.47 Å². The molecule has 1 aromatic carbocycles.